The Balaban J connectivity index is 1.56. The molecule has 0 saturated heterocycles. The number of hydrogen-bond donors (Lipinski definition) is 3. The molecule has 0 aliphatic rings. The molecule has 2 aromatic carbocycles. The van der Waals surface area contributed by atoms with Gasteiger partial charge in [-0.2, -0.15) is 0 Å². The highest BCUT2D eigenvalue weighted by molar-refractivity contribution is 5.92. The number of carbonyl (C=O) groups excluding carboxylic acids is 1. The Hall–Kier alpha value is -3.15. The van der Waals surface area contributed by atoms with Crippen LogP contribution in [0.4, 0.5) is 11.5 Å². The molecule has 6 nitrogen and oxygen atoms in total. The number of phenolic OH excluding ortho intramolecular Hbond substituents is 1. The van der Waals surface area contributed by atoms with Crippen LogP contribution in [0.2, 0.25) is 0 Å². The van der Waals surface area contributed by atoms with Crippen LogP contribution in [0.25, 0.3) is 10.9 Å². The molecule has 0 radical (unpaired) electrons. The van der Waals surface area contributed by atoms with Gasteiger partial charge in [-0.15, -0.1) is 0 Å². The first kappa shape index (κ1) is 14.8. The van der Waals surface area contributed by atoms with Gasteiger partial charge in [0.15, 0.2) is 0 Å². The molecule has 23 heavy (non-hydrogen) atoms. The van der Waals surface area contributed by atoms with Gasteiger partial charge in [0.2, 0.25) is 5.91 Å². The van der Waals surface area contributed by atoms with E-state index < -0.39 is 0 Å². The predicted molar refractivity (Wildman–Crippen MR) is 89.4 cm³/mol. The van der Waals surface area contributed by atoms with Crippen molar-refractivity contribution in [3.05, 3.63) is 54.9 Å². The van der Waals surface area contributed by atoms with Crippen molar-refractivity contribution in [2.24, 2.45) is 0 Å². The molecule has 0 aliphatic carbocycles. The van der Waals surface area contributed by atoms with Gasteiger partial charge < -0.3 is 15.7 Å². The molecule has 3 rings (SSSR count). The number of amides is 1. The Morgan fingerprint density at radius 2 is 1.83 bits per heavy atom. The van der Waals surface area contributed by atoms with E-state index in [-0.39, 0.29) is 11.7 Å². The minimum atomic E-state index is -0.110. The van der Waals surface area contributed by atoms with Crippen molar-refractivity contribution in [3.63, 3.8) is 0 Å². The van der Waals surface area contributed by atoms with Gasteiger partial charge >= 0.3 is 0 Å². The van der Waals surface area contributed by atoms with Gasteiger partial charge in [-0.3, -0.25) is 4.79 Å². The van der Waals surface area contributed by atoms with E-state index in [0.717, 1.165) is 10.9 Å². The van der Waals surface area contributed by atoms with Crippen LogP contribution in [0.15, 0.2) is 54.9 Å². The summed E-state index contributed by atoms with van der Waals surface area (Å²) in [5.41, 5.74) is 1.51. The van der Waals surface area contributed by atoms with E-state index in [9.17, 15) is 9.90 Å². The second-order valence-corrected chi connectivity index (χ2v) is 5.01. The standard InChI is InChI=1S/C17H16N4O2/c22-13-7-5-12(6-8-13)21-16(23)9-10-18-17-14-3-1-2-4-15(14)19-11-20-17/h1-8,11,22H,9-10H2,(H,21,23)(H,18,19,20). The maximum absolute atomic E-state index is 11.9. The third kappa shape index (κ3) is 3.74. The number of nitrogens with zero attached hydrogens (tertiary/aromatic N) is 2. The van der Waals surface area contributed by atoms with Crippen molar-refractivity contribution in [2.75, 3.05) is 17.2 Å². The molecule has 0 atom stereocenters. The molecule has 0 aliphatic heterocycles. The van der Waals surface area contributed by atoms with E-state index in [1.54, 1.807) is 12.1 Å². The molecule has 1 amide bonds. The van der Waals surface area contributed by atoms with Crippen molar-refractivity contribution in [3.8, 4) is 5.75 Å². The summed E-state index contributed by atoms with van der Waals surface area (Å²) in [5.74, 6) is 0.773. The topological polar surface area (TPSA) is 87.1 Å². The number of fused-ring (bicyclic) bond motifs is 1. The smallest absolute Gasteiger partial charge is 0.226 e. The molecule has 0 unspecified atom stereocenters. The minimum Gasteiger partial charge on any atom is -0.508 e. The van der Waals surface area contributed by atoms with Gasteiger partial charge in [0.1, 0.15) is 17.9 Å². The maximum atomic E-state index is 11.9. The molecule has 116 valence electrons. The summed E-state index contributed by atoms with van der Waals surface area (Å²) in [6, 6.07) is 14.1. The molecule has 0 spiro atoms. The zero-order valence-electron chi connectivity index (χ0n) is 12.4. The van der Waals surface area contributed by atoms with Crippen molar-refractivity contribution >= 4 is 28.3 Å². The quantitative estimate of drug-likeness (QED) is 0.631. The highest BCUT2D eigenvalue weighted by Gasteiger charge is 2.05. The number of carbonyl (C=O) groups is 1. The molecule has 3 aromatic rings. The highest BCUT2D eigenvalue weighted by Crippen LogP contribution is 2.18. The van der Waals surface area contributed by atoms with Crippen LogP contribution in [0, 0.1) is 0 Å². The lowest BCUT2D eigenvalue weighted by molar-refractivity contribution is -0.115. The van der Waals surface area contributed by atoms with E-state index in [0.29, 0.717) is 24.5 Å². The molecule has 1 heterocycles. The number of rotatable bonds is 5. The average molecular weight is 308 g/mol. The number of para-hydroxylation sites is 1. The molecule has 0 fully saturated rings. The number of benzene rings is 2. The first-order valence-corrected chi connectivity index (χ1v) is 7.25. The summed E-state index contributed by atoms with van der Waals surface area (Å²) in [7, 11) is 0. The number of anilines is 2. The number of hydrogen-bond acceptors (Lipinski definition) is 5. The summed E-state index contributed by atoms with van der Waals surface area (Å²) >= 11 is 0. The van der Waals surface area contributed by atoms with Crippen LogP contribution in [-0.2, 0) is 4.79 Å². The number of nitrogens with one attached hydrogen (secondary N) is 2. The summed E-state index contributed by atoms with van der Waals surface area (Å²) in [4.78, 5) is 20.3. The van der Waals surface area contributed by atoms with Gasteiger partial charge in [0, 0.05) is 24.0 Å². The number of aromatic hydroxyl groups is 1. The normalized spacial score (nSPS) is 10.4. The molecular formula is C17H16N4O2. The van der Waals surface area contributed by atoms with Crippen LogP contribution in [0.3, 0.4) is 0 Å². The lowest BCUT2D eigenvalue weighted by Gasteiger charge is -2.08. The maximum Gasteiger partial charge on any atom is 0.226 e. The Labute approximate surface area is 133 Å². The van der Waals surface area contributed by atoms with E-state index in [1.807, 2.05) is 24.3 Å². The second kappa shape index (κ2) is 6.74. The SMILES string of the molecule is O=C(CCNc1ncnc2ccccc12)Nc1ccc(O)cc1. The summed E-state index contributed by atoms with van der Waals surface area (Å²) in [6.45, 7) is 0.463. The lowest BCUT2D eigenvalue weighted by atomic mass is 10.2. The van der Waals surface area contributed by atoms with Crippen molar-refractivity contribution in [2.45, 2.75) is 6.42 Å². The molecule has 1 aromatic heterocycles. The van der Waals surface area contributed by atoms with Crippen LogP contribution in [0.1, 0.15) is 6.42 Å². The third-order valence-corrected chi connectivity index (χ3v) is 3.34. The zero-order chi connectivity index (χ0) is 16.1. The van der Waals surface area contributed by atoms with Crippen molar-refractivity contribution in [1.82, 2.24) is 9.97 Å². The van der Waals surface area contributed by atoms with Crippen LogP contribution < -0.4 is 10.6 Å². The first-order chi connectivity index (χ1) is 11.2. The van der Waals surface area contributed by atoms with Gasteiger partial charge in [-0.05, 0) is 36.4 Å². The number of aromatic nitrogens is 2. The minimum absolute atomic E-state index is 0.110. The fourth-order valence-electron chi connectivity index (χ4n) is 2.21. The Morgan fingerprint density at radius 3 is 2.65 bits per heavy atom. The summed E-state index contributed by atoms with van der Waals surface area (Å²) < 4.78 is 0. The van der Waals surface area contributed by atoms with Crippen LogP contribution in [0.5, 0.6) is 5.75 Å². The lowest BCUT2D eigenvalue weighted by Crippen LogP contribution is -2.16. The second-order valence-electron chi connectivity index (χ2n) is 5.01. The third-order valence-electron chi connectivity index (χ3n) is 3.34. The van der Waals surface area contributed by atoms with Gasteiger partial charge in [-0.1, -0.05) is 12.1 Å². The molecular weight excluding hydrogens is 292 g/mol. The van der Waals surface area contributed by atoms with Crippen molar-refractivity contribution in [1.29, 1.82) is 0 Å². The first-order valence-electron chi connectivity index (χ1n) is 7.25. The fraction of sp³-hybridized carbons (Fsp3) is 0.118. The Kier molecular flexibility index (Phi) is 4.33. The predicted octanol–water partition coefficient (Wildman–Crippen LogP) is 2.78. The summed E-state index contributed by atoms with van der Waals surface area (Å²) in [5, 5.41) is 16.1. The Bertz CT molecular complexity index is 813. The molecule has 0 bridgehead atoms. The molecule has 0 saturated carbocycles. The molecule has 3 N–H and O–H groups in total. The fourth-order valence-corrected chi connectivity index (χ4v) is 2.21. The summed E-state index contributed by atoms with van der Waals surface area (Å²) in [6.07, 6.45) is 1.81. The van der Waals surface area contributed by atoms with E-state index in [2.05, 4.69) is 20.6 Å². The number of phenols is 1. The highest BCUT2D eigenvalue weighted by atomic mass is 16.3. The van der Waals surface area contributed by atoms with Gasteiger partial charge in [0.25, 0.3) is 0 Å². The Morgan fingerprint density at radius 1 is 1.04 bits per heavy atom. The van der Waals surface area contributed by atoms with Gasteiger partial charge in [0.05, 0.1) is 5.52 Å². The zero-order valence-corrected chi connectivity index (χ0v) is 12.4. The van der Waals surface area contributed by atoms with Crippen molar-refractivity contribution < 1.29 is 9.90 Å². The average Bonchev–Trinajstić information content (AvgIpc) is 2.57. The molecule has 6 heteroatoms. The monoisotopic (exact) mass is 308 g/mol. The van der Waals surface area contributed by atoms with E-state index >= 15 is 0 Å². The van der Waals surface area contributed by atoms with E-state index in [4.69, 9.17) is 0 Å². The van der Waals surface area contributed by atoms with Gasteiger partial charge in [-0.25, -0.2) is 9.97 Å². The van der Waals surface area contributed by atoms with E-state index in [1.165, 1.54) is 18.5 Å². The largest absolute Gasteiger partial charge is 0.508 e. The van der Waals surface area contributed by atoms with Crippen LogP contribution in [-0.4, -0.2) is 27.5 Å². The van der Waals surface area contributed by atoms with Crippen LogP contribution >= 0.6 is 0 Å².